The van der Waals surface area contributed by atoms with E-state index in [1.54, 1.807) is 0 Å². The van der Waals surface area contributed by atoms with Gasteiger partial charge in [-0.25, -0.2) is 0 Å². The van der Waals surface area contributed by atoms with Crippen molar-refractivity contribution < 1.29 is 0 Å². The molecule has 0 aromatic heterocycles. The molecule has 0 radical (unpaired) electrons. The third kappa shape index (κ3) is 1.38. The van der Waals surface area contributed by atoms with Crippen LogP contribution >= 0.6 is 0 Å². The molecular formula is C10H20N2. The lowest BCUT2D eigenvalue weighted by molar-refractivity contribution is 0.292. The number of rotatable bonds is 3. The molecule has 1 saturated heterocycles. The summed E-state index contributed by atoms with van der Waals surface area (Å²) in [7, 11) is 4.33. The van der Waals surface area contributed by atoms with Crippen LogP contribution in [0.3, 0.4) is 0 Å². The van der Waals surface area contributed by atoms with Gasteiger partial charge in [-0.3, -0.25) is 0 Å². The van der Waals surface area contributed by atoms with Crippen LogP contribution in [0.1, 0.15) is 19.3 Å². The van der Waals surface area contributed by atoms with Crippen molar-refractivity contribution in [3.05, 3.63) is 0 Å². The quantitative estimate of drug-likeness (QED) is 0.674. The molecule has 12 heavy (non-hydrogen) atoms. The Labute approximate surface area is 75.3 Å². The van der Waals surface area contributed by atoms with E-state index in [0.29, 0.717) is 5.41 Å². The Kier molecular flexibility index (Phi) is 2.13. The lowest BCUT2D eigenvalue weighted by Gasteiger charge is -2.22. The second-order valence-electron chi connectivity index (χ2n) is 4.64. The highest BCUT2D eigenvalue weighted by molar-refractivity contribution is 5.02. The van der Waals surface area contributed by atoms with Crippen molar-refractivity contribution in [1.82, 2.24) is 10.2 Å². The zero-order chi connectivity index (χ0) is 8.60. The van der Waals surface area contributed by atoms with E-state index < -0.39 is 0 Å². The summed E-state index contributed by atoms with van der Waals surface area (Å²) in [5, 5.41) is 3.34. The molecule has 2 rings (SSSR count). The van der Waals surface area contributed by atoms with Crippen molar-refractivity contribution in [3.63, 3.8) is 0 Å². The molecule has 1 N–H and O–H groups in total. The fraction of sp³-hybridized carbons (Fsp3) is 1.00. The summed E-state index contributed by atoms with van der Waals surface area (Å²) in [4.78, 5) is 2.47. The third-order valence-corrected chi connectivity index (χ3v) is 3.68. The Bertz CT molecular complexity index is 163. The van der Waals surface area contributed by atoms with Gasteiger partial charge in [0.25, 0.3) is 0 Å². The second kappa shape index (κ2) is 3.00. The minimum absolute atomic E-state index is 0.708. The predicted octanol–water partition coefficient (Wildman–Crippen LogP) is 0.938. The highest BCUT2D eigenvalue weighted by Gasteiger charge is 2.49. The van der Waals surface area contributed by atoms with Crippen molar-refractivity contribution in [2.45, 2.75) is 19.3 Å². The van der Waals surface area contributed by atoms with E-state index in [-0.39, 0.29) is 0 Å². The molecule has 0 aromatic carbocycles. The molecule has 0 aromatic rings. The number of nitrogens with zero attached hydrogens (tertiary/aromatic N) is 1. The van der Waals surface area contributed by atoms with E-state index in [0.717, 1.165) is 5.92 Å². The van der Waals surface area contributed by atoms with Gasteiger partial charge in [-0.1, -0.05) is 0 Å². The van der Waals surface area contributed by atoms with E-state index in [2.05, 4.69) is 24.3 Å². The van der Waals surface area contributed by atoms with Crippen LogP contribution in [0.25, 0.3) is 0 Å². The van der Waals surface area contributed by atoms with Crippen molar-refractivity contribution in [2.75, 3.05) is 33.7 Å². The summed E-state index contributed by atoms with van der Waals surface area (Å²) in [6.07, 6.45) is 4.36. The standard InChI is InChI=1S/C10H20N2/c1-11-8-10(4-5-10)9-3-6-12(2)7-9/h9,11H,3-8H2,1-2H3. The first kappa shape index (κ1) is 8.52. The maximum absolute atomic E-state index is 3.34. The highest BCUT2D eigenvalue weighted by Crippen LogP contribution is 2.54. The van der Waals surface area contributed by atoms with Crippen molar-refractivity contribution in [2.24, 2.45) is 11.3 Å². The first-order chi connectivity index (χ1) is 5.77. The molecule has 1 unspecified atom stereocenters. The minimum Gasteiger partial charge on any atom is -0.319 e. The SMILES string of the molecule is CNCC1(C2CCN(C)C2)CC1. The maximum Gasteiger partial charge on any atom is 0.00129 e. The second-order valence-corrected chi connectivity index (χ2v) is 4.64. The van der Waals surface area contributed by atoms with Gasteiger partial charge >= 0.3 is 0 Å². The minimum atomic E-state index is 0.708. The Morgan fingerprint density at radius 2 is 2.25 bits per heavy atom. The van der Waals surface area contributed by atoms with E-state index >= 15 is 0 Å². The van der Waals surface area contributed by atoms with Gasteiger partial charge in [0.2, 0.25) is 0 Å². The molecule has 1 saturated carbocycles. The maximum atomic E-state index is 3.34. The van der Waals surface area contributed by atoms with Crippen LogP contribution in [0, 0.1) is 11.3 Å². The van der Waals surface area contributed by atoms with Crippen molar-refractivity contribution >= 4 is 0 Å². The molecule has 0 amide bonds. The Morgan fingerprint density at radius 1 is 1.50 bits per heavy atom. The van der Waals surface area contributed by atoms with Gasteiger partial charge in [0.1, 0.15) is 0 Å². The molecule has 0 bridgehead atoms. The highest BCUT2D eigenvalue weighted by atomic mass is 15.1. The summed E-state index contributed by atoms with van der Waals surface area (Å²) in [6.45, 7) is 3.89. The van der Waals surface area contributed by atoms with E-state index in [9.17, 15) is 0 Å². The molecule has 2 nitrogen and oxygen atoms in total. The van der Waals surface area contributed by atoms with Gasteiger partial charge in [0, 0.05) is 13.1 Å². The fourth-order valence-corrected chi connectivity index (χ4v) is 2.68. The molecule has 2 heteroatoms. The molecule has 2 aliphatic rings. The van der Waals surface area contributed by atoms with Crippen LogP contribution in [0.5, 0.6) is 0 Å². The molecule has 0 spiro atoms. The van der Waals surface area contributed by atoms with Crippen molar-refractivity contribution in [1.29, 1.82) is 0 Å². The first-order valence-electron chi connectivity index (χ1n) is 5.10. The average Bonchev–Trinajstić information content (AvgIpc) is 2.69. The van der Waals surface area contributed by atoms with E-state index in [4.69, 9.17) is 0 Å². The summed E-state index contributed by atoms with van der Waals surface area (Å²) in [5.41, 5.74) is 0.708. The van der Waals surface area contributed by atoms with Gasteiger partial charge < -0.3 is 10.2 Å². The number of hydrogen-bond donors (Lipinski definition) is 1. The zero-order valence-electron chi connectivity index (χ0n) is 8.27. The Hall–Kier alpha value is -0.0800. The summed E-state index contributed by atoms with van der Waals surface area (Å²) < 4.78 is 0. The van der Waals surface area contributed by atoms with Crippen LogP contribution in [-0.4, -0.2) is 38.6 Å². The van der Waals surface area contributed by atoms with Gasteiger partial charge in [-0.2, -0.15) is 0 Å². The first-order valence-corrected chi connectivity index (χ1v) is 5.10. The van der Waals surface area contributed by atoms with Gasteiger partial charge in [0.15, 0.2) is 0 Å². The molecule has 2 fully saturated rings. The van der Waals surface area contributed by atoms with Crippen LogP contribution in [0.2, 0.25) is 0 Å². The average molecular weight is 168 g/mol. The molecule has 1 aliphatic carbocycles. The Balaban J connectivity index is 1.91. The van der Waals surface area contributed by atoms with Gasteiger partial charge in [-0.05, 0) is 51.2 Å². The number of likely N-dealkylation sites (tertiary alicyclic amines) is 1. The van der Waals surface area contributed by atoms with Crippen LogP contribution in [-0.2, 0) is 0 Å². The zero-order valence-corrected chi connectivity index (χ0v) is 8.27. The largest absolute Gasteiger partial charge is 0.319 e. The number of hydrogen-bond acceptors (Lipinski definition) is 2. The normalized spacial score (nSPS) is 34.0. The lowest BCUT2D eigenvalue weighted by Crippen LogP contribution is -2.29. The van der Waals surface area contributed by atoms with E-state index in [1.165, 1.54) is 38.9 Å². The third-order valence-electron chi connectivity index (χ3n) is 3.68. The molecular weight excluding hydrogens is 148 g/mol. The van der Waals surface area contributed by atoms with Crippen LogP contribution < -0.4 is 5.32 Å². The number of nitrogens with one attached hydrogen (secondary N) is 1. The van der Waals surface area contributed by atoms with Crippen LogP contribution in [0.4, 0.5) is 0 Å². The van der Waals surface area contributed by atoms with Crippen LogP contribution in [0.15, 0.2) is 0 Å². The smallest absolute Gasteiger partial charge is 0.00129 e. The van der Waals surface area contributed by atoms with Gasteiger partial charge in [0.05, 0.1) is 0 Å². The summed E-state index contributed by atoms with van der Waals surface area (Å²) in [6, 6.07) is 0. The van der Waals surface area contributed by atoms with Crippen molar-refractivity contribution in [3.8, 4) is 0 Å². The summed E-state index contributed by atoms with van der Waals surface area (Å²) in [5.74, 6) is 0.981. The Morgan fingerprint density at radius 3 is 2.67 bits per heavy atom. The van der Waals surface area contributed by atoms with Gasteiger partial charge in [-0.15, -0.1) is 0 Å². The predicted molar refractivity (Wildman–Crippen MR) is 51.2 cm³/mol. The molecule has 1 aliphatic heterocycles. The fourth-order valence-electron chi connectivity index (χ4n) is 2.68. The molecule has 1 atom stereocenters. The van der Waals surface area contributed by atoms with E-state index in [1.807, 2.05) is 0 Å². The monoisotopic (exact) mass is 168 g/mol. The topological polar surface area (TPSA) is 15.3 Å². The lowest BCUT2D eigenvalue weighted by atomic mass is 9.88. The molecule has 1 heterocycles. The summed E-state index contributed by atoms with van der Waals surface area (Å²) >= 11 is 0. The molecule has 70 valence electrons.